The molecule has 0 bridgehead atoms. The molecule has 1 amide bonds. The van der Waals surface area contributed by atoms with E-state index in [2.05, 4.69) is 40.4 Å². The number of imidazole rings is 1. The molecule has 210 valence electrons. The third-order valence-electron chi connectivity index (χ3n) is 7.77. The van der Waals surface area contributed by atoms with Crippen molar-refractivity contribution in [2.24, 2.45) is 5.92 Å². The molecule has 0 unspecified atom stereocenters. The zero-order chi connectivity index (χ0) is 28.6. The van der Waals surface area contributed by atoms with Crippen molar-refractivity contribution >= 4 is 33.7 Å². The zero-order valence-electron chi connectivity index (χ0n) is 22.6. The van der Waals surface area contributed by atoms with Gasteiger partial charge in [0.1, 0.15) is 17.3 Å². The molecule has 1 saturated carbocycles. The Morgan fingerprint density at radius 3 is 2.76 bits per heavy atom. The van der Waals surface area contributed by atoms with E-state index in [0.29, 0.717) is 63.0 Å². The molecule has 0 spiro atoms. The number of aromatic nitrogens is 7. The Bertz CT molecular complexity index is 1920. The van der Waals surface area contributed by atoms with Gasteiger partial charge in [-0.15, -0.1) is 0 Å². The fourth-order valence-corrected chi connectivity index (χ4v) is 5.76. The fourth-order valence-electron chi connectivity index (χ4n) is 5.76. The minimum absolute atomic E-state index is 0.00713. The molecule has 0 atom stereocenters. The summed E-state index contributed by atoms with van der Waals surface area (Å²) in [5, 5.41) is 21.2. The number of phenols is 1. The smallest absolute Gasteiger partial charge is 0.224 e. The summed E-state index contributed by atoms with van der Waals surface area (Å²) in [5.41, 5.74) is 5.45. The Balaban J connectivity index is 1.20. The highest BCUT2D eigenvalue weighted by atomic mass is 19.1. The third kappa shape index (κ3) is 5.05. The van der Waals surface area contributed by atoms with Gasteiger partial charge in [0.15, 0.2) is 11.5 Å². The molecule has 1 fully saturated rings. The molecule has 1 aromatic carbocycles. The van der Waals surface area contributed by atoms with Crippen molar-refractivity contribution in [2.45, 2.75) is 38.5 Å². The number of aromatic amines is 2. The minimum atomic E-state index is -0.546. The van der Waals surface area contributed by atoms with Crippen LogP contribution in [-0.4, -0.2) is 46.1 Å². The van der Waals surface area contributed by atoms with E-state index >= 15 is 0 Å². The van der Waals surface area contributed by atoms with Crippen molar-refractivity contribution in [3.63, 3.8) is 0 Å². The number of aromatic hydroxyl groups is 1. The number of nitrogens with zero attached hydrogens (tertiary/aromatic N) is 5. The molecule has 11 heteroatoms. The maximum absolute atomic E-state index is 14.0. The van der Waals surface area contributed by atoms with E-state index in [1.165, 1.54) is 31.4 Å². The lowest BCUT2D eigenvalue weighted by molar-refractivity contribution is -0.117. The Hall–Kier alpha value is -5.19. The summed E-state index contributed by atoms with van der Waals surface area (Å²) in [5.74, 6) is 0.207. The number of pyridine rings is 3. The highest BCUT2D eigenvalue weighted by Crippen LogP contribution is 2.33. The van der Waals surface area contributed by atoms with Crippen LogP contribution in [0.15, 0.2) is 61.2 Å². The van der Waals surface area contributed by atoms with Crippen LogP contribution >= 0.6 is 0 Å². The van der Waals surface area contributed by atoms with Crippen molar-refractivity contribution in [1.82, 2.24) is 35.1 Å². The van der Waals surface area contributed by atoms with Crippen LogP contribution in [-0.2, 0) is 4.79 Å². The average Bonchev–Trinajstić information content (AvgIpc) is 3.61. The summed E-state index contributed by atoms with van der Waals surface area (Å²) in [4.78, 5) is 33.9. The maximum atomic E-state index is 14.0. The maximum Gasteiger partial charge on any atom is 0.224 e. The van der Waals surface area contributed by atoms with Gasteiger partial charge in [-0.05, 0) is 54.7 Å². The van der Waals surface area contributed by atoms with E-state index in [1.807, 2.05) is 12.1 Å². The highest BCUT2D eigenvalue weighted by Gasteiger charge is 2.19. The number of carbonyl (C=O) groups excluding carboxylic acids is 1. The first-order chi connectivity index (χ1) is 20.5. The van der Waals surface area contributed by atoms with Gasteiger partial charge in [-0.2, -0.15) is 5.10 Å². The summed E-state index contributed by atoms with van der Waals surface area (Å²) < 4.78 is 14.0. The number of amides is 1. The van der Waals surface area contributed by atoms with E-state index in [4.69, 9.17) is 0 Å². The molecule has 0 radical (unpaired) electrons. The van der Waals surface area contributed by atoms with Crippen LogP contribution in [0.2, 0.25) is 0 Å². The molecule has 1 aliphatic carbocycles. The summed E-state index contributed by atoms with van der Waals surface area (Å²) in [6, 6.07) is 9.38. The minimum Gasteiger partial charge on any atom is -0.508 e. The number of anilines is 1. The average molecular weight is 563 g/mol. The summed E-state index contributed by atoms with van der Waals surface area (Å²) in [7, 11) is 0. The summed E-state index contributed by atoms with van der Waals surface area (Å²) >= 11 is 0. The number of carbonyl (C=O) groups is 1. The molecular weight excluding hydrogens is 535 g/mol. The van der Waals surface area contributed by atoms with Gasteiger partial charge in [0.25, 0.3) is 0 Å². The van der Waals surface area contributed by atoms with Crippen LogP contribution < -0.4 is 5.32 Å². The lowest BCUT2D eigenvalue weighted by atomic mass is 9.87. The number of hydrogen-bond donors (Lipinski definition) is 4. The second-order valence-electron chi connectivity index (χ2n) is 10.7. The number of halogens is 1. The number of phenolic OH excluding ortho intramolecular Hbond substituents is 1. The largest absolute Gasteiger partial charge is 0.508 e. The van der Waals surface area contributed by atoms with Gasteiger partial charge in [-0.25, -0.2) is 14.4 Å². The SMILES string of the molecule is O=C(CC1CCCCC1)Nc1cncc(-c2cc3c(-c4nc5nccc(-c6cc(O)cc(F)c6)c5[nH]4)n[nH]c3cn2)c1. The second kappa shape index (κ2) is 10.7. The fraction of sp³-hybridized carbons (Fsp3) is 0.226. The summed E-state index contributed by atoms with van der Waals surface area (Å²) in [6.07, 6.45) is 13.0. The van der Waals surface area contributed by atoms with Gasteiger partial charge in [0.2, 0.25) is 5.91 Å². The molecule has 10 nitrogen and oxygen atoms in total. The number of fused-ring (bicyclic) bond motifs is 2. The molecule has 4 N–H and O–H groups in total. The Morgan fingerprint density at radius 1 is 1.02 bits per heavy atom. The number of nitrogens with one attached hydrogen (secondary N) is 3. The first-order valence-electron chi connectivity index (χ1n) is 13.9. The quantitative estimate of drug-likeness (QED) is 0.184. The molecule has 6 aromatic rings. The van der Waals surface area contributed by atoms with Crippen LogP contribution in [0, 0.1) is 11.7 Å². The van der Waals surface area contributed by atoms with Gasteiger partial charge in [0.05, 0.1) is 34.8 Å². The predicted molar refractivity (Wildman–Crippen MR) is 157 cm³/mol. The van der Waals surface area contributed by atoms with Crippen molar-refractivity contribution in [1.29, 1.82) is 0 Å². The Labute approximate surface area is 239 Å². The molecule has 7 rings (SSSR count). The molecule has 1 aliphatic rings. The van der Waals surface area contributed by atoms with Crippen molar-refractivity contribution in [2.75, 3.05) is 5.32 Å². The topological polar surface area (TPSA) is 145 Å². The first-order valence-corrected chi connectivity index (χ1v) is 13.9. The Morgan fingerprint density at radius 2 is 1.90 bits per heavy atom. The monoisotopic (exact) mass is 562 g/mol. The molecule has 5 aromatic heterocycles. The van der Waals surface area contributed by atoms with E-state index in [9.17, 15) is 14.3 Å². The van der Waals surface area contributed by atoms with E-state index in [0.717, 1.165) is 29.9 Å². The highest BCUT2D eigenvalue weighted by molar-refractivity contribution is 5.97. The Kier molecular flexibility index (Phi) is 6.54. The van der Waals surface area contributed by atoms with Crippen LogP contribution in [0.5, 0.6) is 5.75 Å². The molecule has 0 saturated heterocycles. The predicted octanol–water partition coefficient (Wildman–Crippen LogP) is 6.38. The lowest BCUT2D eigenvalue weighted by Gasteiger charge is -2.20. The molecular formula is C31H27FN8O2. The van der Waals surface area contributed by atoms with Crippen molar-refractivity contribution < 1.29 is 14.3 Å². The third-order valence-corrected chi connectivity index (χ3v) is 7.77. The molecule has 5 heterocycles. The summed E-state index contributed by atoms with van der Waals surface area (Å²) in [6.45, 7) is 0. The van der Waals surface area contributed by atoms with Crippen LogP contribution in [0.4, 0.5) is 10.1 Å². The first kappa shape index (κ1) is 25.8. The van der Waals surface area contributed by atoms with Crippen LogP contribution in [0.25, 0.3) is 56.0 Å². The van der Waals surface area contributed by atoms with Crippen LogP contribution in [0.3, 0.4) is 0 Å². The van der Waals surface area contributed by atoms with Gasteiger partial charge in [0, 0.05) is 41.4 Å². The standard InChI is InChI=1S/C31H27FN8O2/c32-20-9-18(11-22(41)12-20)23-6-7-34-30-28(23)37-31(38-30)29-24-13-25(35-16-26(24)39-40-29)19-10-21(15-33-14-19)36-27(42)8-17-4-2-1-3-5-17/h6-7,9-17,41H,1-5,8H2,(H,36,42)(H,39,40)(H,34,37,38). The normalized spacial score (nSPS) is 14.0. The lowest BCUT2D eigenvalue weighted by Crippen LogP contribution is -2.18. The van der Waals surface area contributed by atoms with E-state index in [-0.39, 0.29) is 11.7 Å². The van der Waals surface area contributed by atoms with Gasteiger partial charge in [-0.3, -0.25) is 19.9 Å². The molecule has 0 aliphatic heterocycles. The number of hydrogen-bond acceptors (Lipinski definition) is 7. The van der Waals surface area contributed by atoms with Crippen molar-refractivity contribution in [3.05, 3.63) is 67.0 Å². The van der Waals surface area contributed by atoms with E-state index < -0.39 is 5.82 Å². The number of rotatable bonds is 6. The molecule has 42 heavy (non-hydrogen) atoms. The number of benzene rings is 1. The van der Waals surface area contributed by atoms with Gasteiger partial charge < -0.3 is 15.4 Å². The van der Waals surface area contributed by atoms with Gasteiger partial charge >= 0.3 is 0 Å². The zero-order valence-corrected chi connectivity index (χ0v) is 22.6. The van der Waals surface area contributed by atoms with Crippen molar-refractivity contribution in [3.8, 4) is 39.7 Å². The van der Waals surface area contributed by atoms with E-state index in [1.54, 1.807) is 30.9 Å². The second-order valence-corrected chi connectivity index (χ2v) is 10.7. The number of H-pyrrole nitrogens is 2. The van der Waals surface area contributed by atoms with Gasteiger partial charge in [-0.1, -0.05) is 19.3 Å². The van der Waals surface area contributed by atoms with Crippen LogP contribution in [0.1, 0.15) is 38.5 Å².